The molecule has 3 atom stereocenters. The Morgan fingerprint density at radius 1 is 1.35 bits per heavy atom. The lowest BCUT2D eigenvalue weighted by atomic mass is 9.92. The number of rotatable bonds is 5. The first-order valence-corrected chi connectivity index (χ1v) is 7.73. The molecule has 0 aromatic carbocycles. The zero-order valence-electron chi connectivity index (χ0n) is 12.8. The molecule has 5 heteroatoms. The third-order valence-electron chi connectivity index (χ3n) is 4.56. The zero-order chi connectivity index (χ0) is 14.7. The van der Waals surface area contributed by atoms with E-state index in [1.165, 1.54) is 6.42 Å². The summed E-state index contributed by atoms with van der Waals surface area (Å²) in [4.78, 5) is 26.0. The first-order chi connectivity index (χ1) is 9.49. The fraction of sp³-hybridized carbons (Fsp3) is 0.867. The van der Waals surface area contributed by atoms with Crippen molar-refractivity contribution in [3.8, 4) is 0 Å². The summed E-state index contributed by atoms with van der Waals surface area (Å²) in [6.45, 7) is 8.93. The van der Waals surface area contributed by atoms with Crippen LogP contribution in [0.1, 0.15) is 33.6 Å². The Kier molecular flexibility index (Phi) is 5.16. The third kappa shape index (κ3) is 3.58. The zero-order valence-corrected chi connectivity index (χ0v) is 12.8. The van der Waals surface area contributed by atoms with Crippen LogP contribution < -0.4 is 10.6 Å². The SMILES string of the molecule is CC(=O)C(NC(=O)CN1CCCC2CNCC21)C(C)C. The molecule has 2 fully saturated rings. The molecule has 2 N–H and O–H groups in total. The van der Waals surface area contributed by atoms with Gasteiger partial charge in [-0.2, -0.15) is 0 Å². The fourth-order valence-corrected chi connectivity index (χ4v) is 3.50. The molecule has 5 nitrogen and oxygen atoms in total. The van der Waals surface area contributed by atoms with Crippen LogP contribution in [0.15, 0.2) is 0 Å². The normalized spacial score (nSPS) is 28.2. The van der Waals surface area contributed by atoms with Gasteiger partial charge in [0.15, 0.2) is 5.78 Å². The smallest absolute Gasteiger partial charge is 0.234 e. The van der Waals surface area contributed by atoms with Gasteiger partial charge in [-0.25, -0.2) is 0 Å². The van der Waals surface area contributed by atoms with Crippen LogP contribution in [0.2, 0.25) is 0 Å². The van der Waals surface area contributed by atoms with Gasteiger partial charge >= 0.3 is 0 Å². The molecule has 2 aliphatic heterocycles. The van der Waals surface area contributed by atoms with Gasteiger partial charge in [0.2, 0.25) is 5.91 Å². The number of likely N-dealkylation sites (tertiary alicyclic amines) is 1. The van der Waals surface area contributed by atoms with Crippen molar-refractivity contribution in [2.75, 3.05) is 26.2 Å². The Hall–Kier alpha value is -0.940. The molecule has 2 aliphatic rings. The first kappa shape index (κ1) is 15.4. The summed E-state index contributed by atoms with van der Waals surface area (Å²) in [6, 6.07) is 0.133. The molecule has 0 saturated carbocycles. The van der Waals surface area contributed by atoms with Crippen molar-refractivity contribution in [3.05, 3.63) is 0 Å². The number of fused-ring (bicyclic) bond motifs is 1. The second-order valence-corrected chi connectivity index (χ2v) is 6.50. The molecule has 1 amide bonds. The molecule has 3 unspecified atom stereocenters. The van der Waals surface area contributed by atoms with Crippen molar-refractivity contribution in [2.24, 2.45) is 11.8 Å². The van der Waals surface area contributed by atoms with E-state index in [0.717, 1.165) is 26.1 Å². The Morgan fingerprint density at radius 2 is 2.10 bits per heavy atom. The molecule has 2 saturated heterocycles. The number of nitrogens with zero attached hydrogens (tertiary/aromatic N) is 1. The highest BCUT2D eigenvalue weighted by atomic mass is 16.2. The van der Waals surface area contributed by atoms with E-state index in [1.54, 1.807) is 6.92 Å². The minimum Gasteiger partial charge on any atom is -0.345 e. The van der Waals surface area contributed by atoms with Crippen LogP contribution in [0.4, 0.5) is 0 Å². The largest absolute Gasteiger partial charge is 0.345 e. The second kappa shape index (κ2) is 6.68. The summed E-state index contributed by atoms with van der Waals surface area (Å²) in [6.07, 6.45) is 2.42. The highest BCUT2D eigenvalue weighted by Crippen LogP contribution is 2.25. The average molecular weight is 281 g/mol. The van der Waals surface area contributed by atoms with Crippen molar-refractivity contribution < 1.29 is 9.59 Å². The van der Waals surface area contributed by atoms with E-state index < -0.39 is 0 Å². The number of hydrogen-bond donors (Lipinski definition) is 2. The van der Waals surface area contributed by atoms with Gasteiger partial charge in [0.05, 0.1) is 12.6 Å². The van der Waals surface area contributed by atoms with Gasteiger partial charge in [0.25, 0.3) is 0 Å². The second-order valence-electron chi connectivity index (χ2n) is 6.50. The van der Waals surface area contributed by atoms with Crippen molar-refractivity contribution >= 4 is 11.7 Å². The average Bonchev–Trinajstić information content (AvgIpc) is 2.84. The number of carbonyl (C=O) groups excluding carboxylic acids is 2. The lowest BCUT2D eigenvalue weighted by molar-refractivity contribution is -0.129. The summed E-state index contributed by atoms with van der Waals surface area (Å²) in [7, 11) is 0. The van der Waals surface area contributed by atoms with Gasteiger partial charge in [-0.05, 0) is 44.7 Å². The molecule has 0 radical (unpaired) electrons. The fourth-order valence-electron chi connectivity index (χ4n) is 3.50. The van der Waals surface area contributed by atoms with Gasteiger partial charge < -0.3 is 10.6 Å². The molecule has 0 bridgehead atoms. The summed E-state index contributed by atoms with van der Waals surface area (Å²) in [5.41, 5.74) is 0. The molecule has 0 aromatic heterocycles. The van der Waals surface area contributed by atoms with Crippen molar-refractivity contribution in [1.29, 1.82) is 0 Å². The van der Waals surface area contributed by atoms with Crippen LogP contribution >= 0.6 is 0 Å². The summed E-state index contributed by atoms with van der Waals surface area (Å²) in [5, 5.41) is 6.31. The maximum atomic E-state index is 12.2. The number of nitrogens with one attached hydrogen (secondary N) is 2. The molecule has 2 rings (SSSR count). The predicted molar refractivity (Wildman–Crippen MR) is 78.4 cm³/mol. The lowest BCUT2D eigenvalue weighted by Crippen LogP contribution is -2.52. The molecule has 114 valence electrons. The third-order valence-corrected chi connectivity index (χ3v) is 4.56. The Balaban J connectivity index is 1.88. The summed E-state index contributed by atoms with van der Waals surface area (Å²) in [5.74, 6) is 0.836. The Labute approximate surface area is 121 Å². The quantitative estimate of drug-likeness (QED) is 0.766. The van der Waals surface area contributed by atoms with E-state index in [2.05, 4.69) is 15.5 Å². The van der Waals surface area contributed by atoms with Gasteiger partial charge in [0.1, 0.15) is 0 Å². The number of carbonyl (C=O) groups is 2. The Bertz CT molecular complexity index is 370. The van der Waals surface area contributed by atoms with Crippen LogP contribution in [-0.2, 0) is 9.59 Å². The van der Waals surface area contributed by atoms with E-state index in [-0.39, 0.29) is 23.7 Å². The lowest BCUT2D eigenvalue weighted by Gasteiger charge is -2.36. The van der Waals surface area contributed by atoms with E-state index in [9.17, 15) is 9.59 Å². The van der Waals surface area contributed by atoms with E-state index >= 15 is 0 Å². The minimum absolute atomic E-state index is 0.0218. The molecule has 0 aliphatic carbocycles. The Morgan fingerprint density at radius 3 is 2.75 bits per heavy atom. The molecular weight excluding hydrogens is 254 g/mol. The number of hydrogen-bond acceptors (Lipinski definition) is 4. The van der Waals surface area contributed by atoms with E-state index in [0.29, 0.717) is 18.5 Å². The summed E-state index contributed by atoms with van der Waals surface area (Å²) >= 11 is 0. The number of piperidine rings is 1. The summed E-state index contributed by atoms with van der Waals surface area (Å²) < 4.78 is 0. The maximum absolute atomic E-state index is 12.2. The molecule has 0 spiro atoms. The highest BCUT2D eigenvalue weighted by molar-refractivity contribution is 5.88. The van der Waals surface area contributed by atoms with Crippen LogP contribution in [-0.4, -0.2) is 54.9 Å². The van der Waals surface area contributed by atoms with E-state index in [4.69, 9.17) is 0 Å². The highest BCUT2D eigenvalue weighted by Gasteiger charge is 2.35. The van der Waals surface area contributed by atoms with E-state index in [1.807, 2.05) is 13.8 Å². The van der Waals surface area contributed by atoms with Gasteiger partial charge in [0, 0.05) is 12.6 Å². The topological polar surface area (TPSA) is 61.4 Å². The van der Waals surface area contributed by atoms with Gasteiger partial charge in [-0.3, -0.25) is 14.5 Å². The molecule has 20 heavy (non-hydrogen) atoms. The number of Topliss-reactive ketones (excluding diaryl/α,β-unsaturated/α-hetero) is 1. The van der Waals surface area contributed by atoms with Crippen molar-refractivity contribution in [2.45, 2.75) is 45.7 Å². The standard InChI is InChI=1S/C15H27N3O2/c1-10(2)15(11(3)19)17-14(20)9-18-6-4-5-12-7-16-8-13(12)18/h10,12-13,15-16H,4-9H2,1-3H3,(H,17,20). The van der Waals surface area contributed by atoms with Crippen molar-refractivity contribution in [1.82, 2.24) is 15.5 Å². The molecule has 0 aromatic rings. The van der Waals surface area contributed by atoms with Crippen molar-refractivity contribution in [3.63, 3.8) is 0 Å². The molecule has 2 heterocycles. The van der Waals surface area contributed by atoms with Gasteiger partial charge in [-0.15, -0.1) is 0 Å². The van der Waals surface area contributed by atoms with Crippen LogP contribution in [0, 0.1) is 11.8 Å². The maximum Gasteiger partial charge on any atom is 0.234 e. The van der Waals surface area contributed by atoms with Crippen LogP contribution in [0.3, 0.4) is 0 Å². The number of amides is 1. The molecular formula is C15H27N3O2. The first-order valence-electron chi connectivity index (χ1n) is 7.73. The number of ketones is 1. The van der Waals surface area contributed by atoms with Gasteiger partial charge in [-0.1, -0.05) is 13.8 Å². The van der Waals surface area contributed by atoms with Crippen LogP contribution in [0.5, 0.6) is 0 Å². The monoisotopic (exact) mass is 281 g/mol. The predicted octanol–water partition coefficient (Wildman–Crippen LogP) is 0.400. The van der Waals surface area contributed by atoms with Crippen LogP contribution in [0.25, 0.3) is 0 Å². The minimum atomic E-state index is -0.357.